The molecule has 0 aromatic heterocycles. The summed E-state index contributed by atoms with van der Waals surface area (Å²) in [6, 6.07) is -3.83. The second kappa shape index (κ2) is 28.4. The number of amides is 5. The lowest BCUT2D eigenvalue weighted by Gasteiger charge is -2.41. The van der Waals surface area contributed by atoms with Gasteiger partial charge in [0, 0.05) is 38.1 Å². The summed E-state index contributed by atoms with van der Waals surface area (Å²) in [4.78, 5) is 112. The molecule has 12 atom stereocenters. The van der Waals surface area contributed by atoms with Crippen molar-refractivity contribution in [3.05, 3.63) is 12.2 Å². The molecule has 5 amide bonds. The third kappa shape index (κ3) is 20.5. The maximum Gasteiger partial charge on any atom is 0.328 e. The molecule has 14 N–H and O–H groups in total. The first-order valence-electron chi connectivity index (χ1n) is 21.4. The average molecular weight is 1020 g/mol. The fourth-order valence-electron chi connectivity index (χ4n) is 6.68. The van der Waals surface area contributed by atoms with Crippen LogP contribution in [0.4, 0.5) is 0 Å². The Hall–Kier alpha value is -3.42. The predicted octanol–water partition coefficient (Wildman–Crippen LogP) is -6.15. The largest absolute Gasteiger partial charge is 0.480 e. The van der Waals surface area contributed by atoms with Crippen LogP contribution in [-0.2, 0) is 66.3 Å². The lowest BCUT2D eigenvalue weighted by molar-refractivity contribution is -0.298. The Morgan fingerprint density at radius 1 is 0.632 bits per heavy atom. The molecule has 3 heterocycles. The van der Waals surface area contributed by atoms with Gasteiger partial charge in [-0.3, -0.25) is 38.0 Å². The van der Waals surface area contributed by atoms with Gasteiger partial charge in [0.25, 0.3) is 11.8 Å². The highest BCUT2D eigenvalue weighted by molar-refractivity contribution is 7.52. The number of imide groups is 1. The molecule has 0 radical (unpaired) electrons. The molecule has 31 heteroatoms. The van der Waals surface area contributed by atoms with Crippen LogP contribution in [0.3, 0.4) is 0 Å². The van der Waals surface area contributed by atoms with E-state index in [1.807, 2.05) is 0 Å². The standard InChI is InChI=1S/C37H62N4O25P2/c42-24(4-2-1-3-11-41-26(44)5-6-27(41)45)38-10-13-62-15-14-61-12-7-25(43)39-20(18-63-36-32(50)30(48)28(46)22(65-36)8-16-67(55,56)57)34(52)40-21(35(53)54)19-64-37-33(51)31(49)29(47)23(66-37)9-17-68(58,59)60/h5-6,20-23,28-33,36-37,46-51H,1-4,7-19H2,(H,38,42)(H,39,43)(H,40,52)(H,53,54)(H2,55,56,57)(H2,58,59,60)/t20-,21-,22?,23?,28+,29?,30?,31?,32+,33?,36-,37?/m0/s1. The van der Waals surface area contributed by atoms with E-state index in [1.54, 1.807) is 0 Å². The topological polar surface area (TPSA) is 454 Å². The first kappa shape index (κ1) is 58.9. The first-order valence-corrected chi connectivity index (χ1v) is 25.0. The van der Waals surface area contributed by atoms with E-state index in [0.717, 1.165) is 4.90 Å². The lowest BCUT2D eigenvalue weighted by atomic mass is 9.97. The van der Waals surface area contributed by atoms with Crippen molar-refractivity contribution in [1.82, 2.24) is 20.9 Å². The maximum atomic E-state index is 13.5. The zero-order valence-corrected chi connectivity index (χ0v) is 38.4. The number of hydrogen-bond acceptors (Lipinski definition) is 20. The van der Waals surface area contributed by atoms with Gasteiger partial charge in [-0.1, -0.05) is 6.42 Å². The Bertz CT molecular complexity index is 1780. The van der Waals surface area contributed by atoms with E-state index in [4.69, 9.17) is 28.4 Å². The van der Waals surface area contributed by atoms with Crippen molar-refractivity contribution in [2.75, 3.05) is 65.1 Å². The minimum Gasteiger partial charge on any atom is -0.480 e. The van der Waals surface area contributed by atoms with Gasteiger partial charge >= 0.3 is 21.2 Å². The van der Waals surface area contributed by atoms with Gasteiger partial charge in [0.15, 0.2) is 18.6 Å². The minimum atomic E-state index is -4.62. The molecule has 68 heavy (non-hydrogen) atoms. The SMILES string of the molecule is O=C(CCCCCN1C(=O)C=CC1=O)NCCOCCOCCC(=O)N[C@@H](CO[C@H]1OC(CCP(=O)(O)O)[C@@H](O)C(O)[C@H]1O)C(=O)N[C@@H](COC1OC(CCP(=O)(O)O)C(O)C(O)C1O)C(=O)O. The molecule has 3 aliphatic heterocycles. The zero-order chi connectivity index (χ0) is 50.8. The predicted molar refractivity (Wildman–Crippen MR) is 223 cm³/mol. The molecular weight excluding hydrogens is 962 g/mol. The molecule has 0 aromatic rings. The number of hydrogen-bond donors (Lipinski definition) is 14. The summed E-state index contributed by atoms with van der Waals surface area (Å²) in [5.74, 6) is -4.84. The van der Waals surface area contributed by atoms with E-state index in [9.17, 15) is 93.2 Å². The van der Waals surface area contributed by atoms with Crippen LogP contribution in [0.15, 0.2) is 12.2 Å². The summed E-state index contributed by atoms with van der Waals surface area (Å²) in [6.07, 6.45) is -17.1. The molecule has 0 spiro atoms. The van der Waals surface area contributed by atoms with E-state index >= 15 is 0 Å². The van der Waals surface area contributed by atoms with E-state index < -0.39 is 151 Å². The van der Waals surface area contributed by atoms with Crippen LogP contribution in [0.2, 0.25) is 0 Å². The van der Waals surface area contributed by atoms with Gasteiger partial charge in [-0.2, -0.15) is 0 Å². The number of aliphatic carboxylic acids is 1. The molecular formula is C37H62N4O25P2. The van der Waals surface area contributed by atoms with Crippen molar-refractivity contribution in [3.63, 3.8) is 0 Å². The van der Waals surface area contributed by atoms with Crippen LogP contribution in [-0.4, -0.2) is 234 Å². The number of ether oxygens (including phenoxy) is 6. The highest BCUT2D eigenvalue weighted by atomic mass is 31.2. The molecule has 0 aliphatic carbocycles. The minimum absolute atomic E-state index is 0.0137. The number of carbonyl (C=O) groups excluding carboxylic acids is 5. The van der Waals surface area contributed by atoms with E-state index in [-0.39, 0.29) is 63.7 Å². The molecule has 3 aliphatic rings. The fourth-order valence-corrected chi connectivity index (χ4v) is 7.86. The number of unbranched alkanes of at least 4 members (excludes halogenated alkanes) is 2. The van der Waals surface area contributed by atoms with Gasteiger partial charge in [0.1, 0.15) is 42.7 Å². The van der Waals surface area contributed by atoms with Crippen LogP contribution < -0.4 is 16.0 Å². The number of carboxylic acid groups (broad SMARTS) is 1. The molecule has 2 saturated heterocycles. The number of aliphatic hydroxyl groups excluding tert-OH is 6. The number of carboxylic acids is 1. The summed E-state index contributed by atoms with van der Waals surface area (Å²) in [6.45, 7) is -1.56. The van der Waals surface area contributed by atoms with E-state index in [0.29, 0.717) is 19.3 Å². The average Bonchev–Trinajstić information content (AvgIpc) is 3.58. The number of aliphatic hydroxyl groups is 6. The molecule has 29 nitrogen and oxygen atoms in total. The molecule has 0 aromatic carbocycles. The van der Waals surface area contributed by atoms with Gasteiger partial charge < -0.3 is 99.7 Å². The van der Waals surface area contributed by atoms with Crippen LogP contribution in [0.25, 0.3) is 0 Å². The molecule has 7 unspecified atom stereocenters. The molecule has 0 saturated carbocycles. The lowest BCUT2D eigenvalue weighted by Crippen LogP contribution is -2.60. The van der Waals surface area contributed by atoms with Crippen molar-refractivity contribution >= 4 is 50.7 Å². The zero-order valence-electron chi connectivity index (χ0n) is 36.6. The van der Waals surface area contributed by atoms with Crippen LogP contribution in [0.1, 0.15) is 44.9 Å². The van der Waals surface area contributed by atoms with Gasteiger partial charge in [-0.15, -0.1) is 0 Å². The monoisotopic (exact) mass is 1020 g/mol. The van der Waals surface area contributed by atoms with E-state index in [1.165, 1.54) is 12.2 Å². The van der Waals surface area contributed by atoms with Crippen molar-refractivity contribution in [2.45, 2.75) is 118 Å². The third-order valence-electron chi connectivity index (χ3n) is 10.5. The molecule has 390 valence electrons. The number of rotatable bonds is 31. The Morgan fingerprint density at radius 2 is 1.13 bits per heavy atom. The van der Waals surface area contributed by atoms with Crippen molar-refractivity contribution in [3.8, 4) is 0 Å². The van der Waals surface area contributed by atoms with Gasteiger partial charge in [-0.05, 0) is 25.7 Å². The Morgan fingerprint density at radius 3 is 1.63 bits per heavy atom. The third-order valence-corrected chi connectivity index (χ3v) is 12.1. The van der Waals surface area contributed by atoms with Gasteiger partial charge in [0.05, 0.1) is 64.2 Å². The Labute approximate surface area is 388 Å². The maximum absolute atomic E-state index is 13.5. The number of nitrogens with one attached hydrogen (secondary N) is 3. The Kier molecular flexibility index (Phi) is 24.6. The fraction of sp³-hybridized carbons (Fsp3) is 0.784. The van der Waals surface area contributed by atoms with Crippen LogP contribution >= 0.6 is 15.2 Å². The Balaban J connectivity index is 1.51. The first-order chi connectivity index (χ1) is 31.9. The van der Waals surface area contributed by atoms with E-state index in [2.05, 4.69) is 16.0 Å². The summed E-state index contributed by atoms with van der Waals surface area (Å²) >= 11 is 0. The molecule has 2 fully saturated rings. The van der Waals surface area contributed by atoms with Crippen molar-refractivity contribution < 1.29 is 122 Å². The second-order valence-electron chi connectivity index (χ2n) is 15.9. The smallest absolute Gasteiger partial charge is 0.328 e. The highest BCUT2D eigenvalue weighted by Crippen LogP contribution is 2.38. The van der Waals surface area contributed by atoms with Gasteiger partial charge in [0.2, 0.25) is 17.7 Å². The summed E-state index contributed by atoms with van der Waals surface area (Å²) < 4.78 is 55.1. The second-order valence-corrected chi connectivity index (χ2v) is 19.4. The van der Waals surface area contributed by atoms with Crippen molar-refractivity contribution in [2.24, 2.45) is 0 Å². The van der Waals surface area contributed by atoms with Crippen molar-refractivity contribution in [1.29, 1.82) is 0 Å². The number of nitrogens with zero attached hydrogens (tertiary/aromatic N) is 1. The number of carbonyl (C=O) groups is 6. The van der Waals surface area contributed by atoms with Crippen LogP contribution in [0.5, 0.6) is 0 Å². The van der Waals surface area contributed by atoms with Gasteiger partial charge in [-0.25, -0.2) is 4.79 Å². The summed E-state index contributed by atoms with van der Waals surface area (Å²) in [7, 11) is -9.23. The normalized spacial score (nSPS) is 27.5. The molecule has 3 rings (SSSR count). The summed E-state index contributed by atoms with van der Waals surface area (Å²) in [5.41, 5.74) is 0. The highest BCUT2D eigenvalue weighted by Gasteiger charge is 2.47. The molecule has 0 bridgehead atoms. The van der Waals surface area contributed by atoms with Crippen LogP contribution in [0, 0.1) is 0 Å². The quantitative estimate of drug-likeness (QED) is 0.0175. The summed E-state index contributed by atoms with van der Waals surface area (Å²) in [5, 5.41) is 79.1.